The monoisotopic (exact) mass is 677 g/mol. The predicted octanol–water partition coefficient (Wildman–Crippen LogP) is 6.98. The van der Waals surface area contributed by atoms with E-state index in [9.17, 15) is 32.3 Å². The lowest BCUT2D eigenvalue weighted by Gasteiger charge is -2.31. The molecule has 1 saturated heterocycles. The van der Waals surface area contributed by atoms with Crippen molar-refractivity contribution in [2.24, 2.45) is 5.92 Å². The third-order valence-electron chi connectivity index (χ3n) is 7.43. The number of benzene rings is 3. The summed E-state index contributed by atoms with van der Waals surface area (Å²) in [5, 5.41) is 2.21. The normalized spacial score (nSPS) is 19.6. The maximum atomic E-state index is 14.0. The van der Waals surface area contributed by atoms with E-state index in [1.54, 1.807) is 30.3 Å². The summed E-state index contributed by atoms with van der Waals surface area (Å²) in [5.74, 6) is -4.02. The van der Waals surface area contributed by atoms with Gasteiger partial charge in [0, 0.05) is 16.5 Å². The Labute approximate surface area is 266 Å². The molecule has 3 heterocycles. The minimum atomic E-state index is -4.69. The number of aryl methyl sites for hydroxylation is 1. The highest BCUT2D eigenvalue weighted by atomic mass is 35.5. The van der Waals surface area contributed by atoms with Gasteiger partial charge in [0.05, 0.1) is 32.2 Å². The number of thioether (sulfide) groups is 1. The molecular weight excluding hydrogens is 658 g/mol. The van der Waals surface area contributed by atoms with Crippen molar-refractivity contribution in [3.63, 3.8) is 0 Å². The summed E-state index contributed by atoms with van der Waals surface area (Å²) in [5.41, 5.74) is 0.666. The molecule has 3 atom stereocenters. The number of imide groups is 1. The van der Waals surface area contributed by atoms with Crippen molar-refractivity contribution in [3.8, 4) is 0 Å². The van der Waals surface area contributed by atoms with Crippen LogP contribution in [0.4, 0.5) is 24.5 Å². The Morgan fingerprint density at radius 2 is 1.68 bits per heavy atom. The van der Waals surface area contributed by atoms with Gasteiger partial charge in [-0.25, -0.2) is 4.90 Å². The maximum Gasteiger partial charge on any atom is 0.416 e. The first-order valence-corrected chi connectivity index (χ1v) is 15.6. The second-order valence-electron chi connectivity index (χ2n) is 10.3. The molecule has 3 amide bonds. The Morgan fingerprint density at radius 3 is 2.39 bits per heavy atom. The number of hydrogen-bond donors (Lipinski definition) is 1. The van der Waals surface area contributed by atoms with Crippen molar-refractivity contribution in [2.45, 2.75) is 35.8 Å². The highest BCUT2D eigenvalue weighted by Gasteiger charge is 2.57. The molecule has 4 aromatic rings. The van der Waals surface area contributed by atoms with Gasteiger partial charge in [-0.3, -0.25) is 23.7 Å². The average molecular weight is 679 g/mol. The molecule has 0 unspecified atom stereocenters. The Bertz CT molecular complexity index is 1890. The number of thiazole rings is 1. The maximum absolute atomic E-state index is 14.0. The molecule has 1 fully saturated rings. The molecule has 7 nitrogen and oxygen atoms in total. The summed E-state index contributed by atoms with van der Waals surface area (Å²) < 4.78 is 41.8. The number of amides is 3. The van der Waals surface area contributed by atoms with E-state index in [1.807, 2.05) is 19.1 Å². The van der Waals surface area contributed by atoms with Gasteiger partial charge in [0.2, 0.25) is 17.7 Å². The zero-order valence-corrected chi connectivity index (χ0v) is 25.7. The molecular formula is C30H20Cl2F3N3O4S2. The van der Waals surface area contributed by atoms with Crippen molar-refractivity contribution in [3.05, 3.63) is 108 Å². The second-order valence-corrected chi connectivity index (χ2v) is 13.2. The van der Waals surface area contributed by atoms with Gasteiger partial charge in [-0.05, 0) is 48.9 Å². The lowest BCUT2D eigenvalue weighted by atomic mass is 9.83. The zero-order chi connectivity index (χ0) is 31.5. The van der Waals surface area contributed by atoms with Crippen LogP contribution in [0.25, 0.3) is 0 Å². The van der Waals surface area contributed by atoms with E-state index >= 15 is 0 Å². The van der Waals surface area contributed by atoms with E-state index in [1.165, 1.54) is 10.6 Å². The number of carbonyl (C=O) groups excluding carboxylic acids is 3. The van der Waals surface area contributed by atoms with Crippen LogP contribution in [0.1, 0.15) is 27.5 Å². The number of fused-ring (bicyclic) bond motifs is 2. The van der Waals surface area contributed by atoms with E-state index in [-0.39, 0.29) is 22.3 Å². The minimum Gasteiger partial charge on any atom is -0.325 e. The number of rotatable bonds is 5. The van der Waals surface area contributed by atoms with Crippen LogP contribution in [0.3, 0.4) is 0 Å². The van der Waals surface area contributed by atoms with Gasteiger partial charge in [-0.15, -0.1) is 0 Å². The number of halogens is 5. The van der Waals surface area contributed by atoms with Crippen LogP contribution < -0.4 is 15.1 Å². The summed E-state index contributed by atoms with van der Waals surface area (Å²) in [7, 11) is 0. The number of hydrogen-bond acceptors (Lipinski definition) is 6. The van der Waals surface area contributed by atoms with Crippen molar-refractivity contribution in [1.29, 1.82) is 0 Å². The van der Waals surface area contributed by atoms with E-state index in [0.717, 1.165) is 51.8 Å². The van der Waals surface area contributed by atoms with Crippen molar-refractivity contribution in [2.75, 3.05) is 10.2 Å². The van der Waals surface area contributed by atoms with Gasteiger partial charge < -0.3 is 5.32 Å². The fraction of sp³-hybridized carbons (Fsp3) is 0.200. The van der Waals surface area contributed by atoms with Gasteiger partial charge in [0.15, 0.2) is 0 Å². The van der Waals surface area contributed by atoms with Crippen molar-refractivity contribution in [1.82, 2.24) is 4.57 Å². The number of nitrogens with one attached hydrogen (secondary N) is 1. The topological polar surface area (TPSA) is 88.5 Å². The van der Waals surface area contributed by atoms with Gasteiger partial charge in [0.25, 0.3) is 0 Å². The molecule has 2 aliphatic rings. The highest BCUT2D eigenvalue weighted by Crippen LogP contribution is 2.55. The fourth-order valence-electron chi connectivity index (χ4n) is 5.41. The van der Waals surface area contributed by atoms with Crippen LogP contribution in [-0.2, 0) is 27.1 Å². The zero-order valence-electron chi connectivity index (χ0n) is 22.5. The largest absolute Gasteiger partial charge is 0.416 e. The molecule has 3 aromatic carbocycles. The molecule has 0 radical (unpaired) electrons. The molecule has 2 aliphatic heterocycles. The molecule has 226 valence electrons. The number of nitrogens with zero attached hydrogens (tertiary/aromatic N) is 2. The number of anilines is 2. The van der Waals surface area contributed by atoms with E-state index < -0.39 is 51.4 Å². The van der Waals surface area contributed by atoms with E-state index in [2.05, 4.69) is 5.32 Å². The summed E-state index contributed by atoms with van der Waals surface area (Å²) in [4.78, 5) is 54.8. The number of alkyl halides is 3. The third-order valence-corrected chi connectivity index (χ3v) is 10.9. The number of aromatic nitrogens is 1. The van der Waals surface area contributed by atoms with Crippen LogP contribution in [-0.4, -0.2) is 27.5 Å². The minimum absolute atomic E-state index is 0.109. The Hall–Kier alpha value is -3.58. The summed E-state index contributed by atoms with van der Waals surface area (Å²) in [6, 6.07) is 15.9. The van der Waals surface area contributed by atoms with Crippen molar-refractivity contribution < 1.29 is 27.6 Å². The van der Waals surface area contributed by atoms with Crippen LogP contribution in [0.2, 0.25) is 10.0 Å². The molecule has 1 aromatic heterocycles. The van der Waals surface area contributed by atoms with E-state index in [0.29, 0.717) is 21.2 Å². The Morgan fingerprint density at radius 1 is 0.977 bits per heavy atom. The SMILES string of the molecule is Cc1ccc(NC(=O)Cn2c3c(sc2=O)[C@@H](c2cccc(Cl)c2Cl)[C@@H]2C(=O)N(c4cccc(C(F)(F)F)c4)C(=O)[C@@H]2S3)cc1. The molecule has 0 spiro atoms. The lowest BCUT2D eigenvalue weighted by molar-refractivity contribution is -0.137. The van der Waals surface area contributed by atoms with Gasteiger partial charge in [0.1, 0.15) is 11.8 Å². The first-order chi connectivity index (χ1) is 20.8. The molecule has 0 saturated carbocycles. The smallest absolute Gasteiger partial charge is 0.325 e. The van der Waals surface area contributed by atoms with Gasteiger partial charge >= 0.3 is 11.0 Å². The molecule has 1 N–H and O–H groups in total. The average Bonchev–Trinajstić information content (AvgIpc) is 3.41. The van der Waals surface area contributed by atoms with Gasteiger partial charge in [-0.2, -0.15) is 13.2 Å². The first kappa shape index (κ1) is 30.4. The quantitative estimate of drug-likeness (QED) is 0.230. The highest BCUT2D eigenvalue weighted by molar-refractivity contribution is 8.00. The second kappa shape index (κ2) is 11.4. The summed E-state index contributed by atoms with van der Waals surface area (Å²) in [6.45, 7) is 1.53. The van der Waals surface area contributed by atoms with Crippen LogP contribution in [0, 0.1) is 12.8 Å². The third kappa shape index (κ3) is 5.33. The standard InChI is InChI=1S/C30H20Cl2F3N3O4S2/c1-14-8-10-16(11-9-14)36-20(39)13-37-28-25(44-29(37)42)21(18-6-3-7-19(31)23(18)32)22-24(43-28)27(41)38(26(22)40)17-5-2-4-15(12-17)30(33,34)35/h2-12,21-22,24H,13H2,1H3,(H,36,39)/t21-,22-,24+/m0/s1. The van der Waals surface area contributed by atoms with E-state index in [4.69, 9.17) is 23.2 Å². The van der Waals surface area contributed by atoms with Crippen LogP contribution in [0.15, 0.2) is 76.6 Å². The molecule has 14 heteroatoms. The molecule has 0 aliphatic carbocycles. The fourth-order valence-corrected chi connectivity index (χ4v) is 8.60. The van der Waals surface area contributed by atoms with Gasteiger partial charge in [-0.1, -0.05) is 82.2 Å². The molecule has 6 rings (SSSR count). The molecule has 44 heavy (non-hydrogen) atoms. The van der Waals surface area contributed by atoms with Crippen molar-refractivity contribution >= 4 is 75.4 Å². The van der Waals surface area contributed by atoms with Crippen LogP contribution in [0.5, 0.6) is 0 Å². The Balaban J connectivity index is 1.43. The Kier molecular flexibility index (Phi) is 7.89. The first-order valence-electron chi connectivity index (χ1n) is 13.1. The predicted molar refractivity (Wildman–Crippen MR) is 164 cm³/mol. The lowest BCUT2D eigenvalue weighted by Crippen LogP contribution is -2.33. The number of carbonyl (C=O) groups is 3. The molecule has 0 bridgehead atoms. The summed E-state index contributed by atoms with van der Waals surface area (Å²) in [6.07, 6.45) is -4.69. The summed E-state index contributed by atoms with van der Waals surface area (Å²) >= 11 is 14.7. The van der Waals surface area contributed by atoms with Crippen LogP contribution >= 0.6 is 46.3 Å².